The molecule has 0 N–H and O–H groups in total. The quantitative estimate of drug-likeness (QED) is 0.305. The van der Waals surface area contributed by atoms with Gasteiger partial charge in [-0.05, 0) is 18.8 Å². The lowest BCUT2D eigenvalue weighted by Gasteiger charge is -2.16. The van der Waals surface area contributed by atoms with Gasteiger partial charge in [0.15, 0.2) is 0 Å². The topological polar surface area (TPSA) is 0 Å². The highest BCUT2D eigenvalue weighted by Gasteiger charge is 2.08. The minimum Gasteiger partial charge on any atom is -0.251 e. The van der Waals surface area contributed by atoms with E-state index in [2.05, 4.69) is 13.8 Å². The van der Waals surface area contributed by atoms with Gasteiger partial charge < -0.3 is 0 Å². The molecule has 110 valence electrons. The Hall–Kier alpha value is -0.0700. The Balaban J connectivity index is 3.56. The van der Waals surface area contributed by atoms with E-state index in [0.29, 0.717) is 0 Å². The minimum atomic E-state index is -0.124. The molecule has 0 aliphatic heterocycles. The van der Waals surface area contributed by atoms with E-state index in [-0.39, 0.29) is 6.67 Å². The highest BCUT2D eigenvalue weighted by molar-refractivity contribution is 4.61. The van der Waals surface area contributed by atoms with Crippen molar-refractivity contribution in [1.82, 2.24) is 0 Å². The van der Waals surface area contributed by atoms with Crippen molar-refractivity contribution in [2.75, 3.05) is 6.67 Å². The molecule has 0 spiro atoms. The van der Waals surface area contributed by atoms with Gasteiger partial charge in [-0.3, -0.25) is 4.39 Å². The highest BCUT2D eigenvalue weighted by atomic mass is 19.1. The van der Waals surface area contributed by atoms with E-state index < -0.39 is 0 Å². The summed E-state index contributed by atoms with van der Waals surface area (Å²) in [7, 11) is 0. The maximum atomic E-state index is 12.3. The van der Waals surface area contributed by atoms with E-state index in [0.717, 1.165) is 18.8 Å². The van der Waals surface area contributed by atoms with Gasteiger partial charge >= 0.3 is 0 Å². The van der Waals surface area contributed by atoms with Gasteiger partial charge in [0.1, 0.15) is 0 Å². The predicted octanol–water partition coefficient (Wildman–Crippen LogP) is 6.68. The molecule has 0 bridgehead atoms. The summed E-state index contributed by atoms with van der Waals surface area (Å²) in [6.07, 6.45) is 16.8. The van der Waals surface area contributed by atoms with Crippen LogP contribution < -0.4 is 0 Å². The first-order valence-corrected chi connectivity index (χ1v) is 8.41. The molecule has 0 aromatic rings. The molecule has 0 nitrogen and oxygen atoms in total. The SMILES string of the molecule is CCCCCCCC(CCCF)CCCCCC. The Kier molecular flexibility index (Phi) is 14.9. The van der Waals surface area contributed by atoms with Crippen molar-refractivity contribution in [3.05, 3.63) is 0 Å². The van der Waals surface area contributed by atoms with Crippen LogP contribution in [0.25, 0.3) is 0 Å². The fourth-order valence-electron chi connectivity index (χ4n) is 2.70. The van der Waals surface area contributed by atoms with E-state index in [9.17, 15) is 4.39 Å². The van der Waals surface area contributed by atoms with Crippen molar-refractivity contribution in [2.24, 2.45) is 5.92 Å². The van der Waals surface area contributed by atoms with Gasteiger partial charge in [-0.2, -0.15) is 0 Å². The molecular formula is C17H35F. The summed E-state index contributed by atoms with van der Waals surface area (Å²) in [4.78, 5) is 0. The fraction of sp³-hybridized carbons (Fsp3) is 1.00. The molecule has 18 heavy (non-hydrogen) atoms. The summed E-state index contributed by atoms with van der Waals surface area (Å²) in [6.45, 7) is 4.40. The lowest BCUT2D eigenvalue weighted by atomic mass is 9.91. The fourth-order valence-corrected chi connectivity index (χ4v) is 2.70. The molecule has 1 unspecified atom stereocenters. The Morgan fingerprint density at radius 2 is 1.06 bits per heavy atom. The first kappa shape index (κ1) is 17.9. The Morgan fingerprint density at radius 3 is 1.56 bits per heavy atom. The van der Waals surface area contributed by atoms with E-state index in [1.807, 2.05) is 0 Å². The standard InChI is InChI=1S/C17H35F/c1-3-5-7-9-11-14-17(15-12-16-18)13-10-8-6-4-2/h17H,3-16H2,1-2H3. The number of alkyl halides is 1. The summed E-state index contributed by atoms with van der Waals surface area (Å²) in [5.74, 6) is 0.805. The van der Waals surface area contributed by atoms with Crippen LogP contribution >= 0.6 is 0 Å². The molecule has 0 radical (unpaired) electrons. The summed E-state index contributed by atoms with van der Waals surface area (Å²) in [5.41, 5.74) is 0. The van der Waals surface area contributed by atoms with E-state index in [1.54, 1.807) is 0 Å². The van der Waals surface area contributed by atoms with Gasteiger partial charge in [0.25, 0.3) is 0 Å². The van der Waals surface area contributed by atoms with Crippen molar-refractivity contribution >= 4 is 0 Å². The summed E-state index contributed by atoms with van der Waals surface area (Å²) in [5, 5.41) is 0. The molecule has 0 saturated carbocycles. The molecule has 0 saturated heterocycles. The van der Waals surface area contributed by atoms with Crippen molar-refractivity contribution < 1.29 is 4.39 Å². The van der Waals surface area contributed by atoms with Gasteiger partial charge in [-0.15, -0.1) is 0 Å². The van der Waals surface area contributed by atoms with Crippen LogP contribution in [0, 0.1) is 5.92 Å². The third-order valence-electron chi connectivity index (χ3n) is 3.93. The number of hydrogen-bond donors (Lipinski definition) is 0. The summed E-state index contributed by atoms with van der Waals surface area (Å²) in [6, 6.07) is 0. The van der Waals surface area contributed by atoms with Crippen LogP contribution in [0.15, 0.2) is 0 Å². The van der Waals surface area contributed by atoms with Crippen LogP contribution in [0.4, 0.5) is 4.39 Å². The van der Waals surface area contributed by atoms with E-state index in [4.69, 9.17) is 0 Å². The third-order valence-corrected chi connectivity index (χ3v) is 3.93. The molecule has 1 atom stereocenters. The molecule has 0 fully saturated rings. The van der Waals surface area contributed by atoms with E-state index in [1.165, 1.54) is 70.6 Å². The largest absolute Gasteiger partial charge is 0.251 e. The Morgan fingerprint density at radius 1 is 0.611 bits per heavy atom. The zero-order valence-electron chi connectivity index (χ0n) is 12.9. The van der Waals surface area contributed by atoms with Crippen molar-refractivity contribution in [3.8, 4) is 0 Å². The molecule has 0 aromatic heterocycles. The smallest absolute Gasteiger partial charge is 0.0894 e. The molecular weight excluding hydrogens is 223 g/mol. The van der Waals surface area contributed by atoms with Crippen LogP contribution in [0.3, 0.4) is 0 Å². The zero-order valence-corrected chi connectivity index (χ0v) is 12.9. The van der Waals surface area contributed by atoms with Crippen LogP contribution in [-0.4, -0.2) is 6.67 Å². The second kappa shape index (κ2) is 15.0. The second-order valence-electron chi connectivity index (χ2n) is 5.75. The molecule has 0 aliphatic carbocycles. The van der Waals surface area contributed by atoms with Gasteiger partial charge in [0.05, 0.1) is 6.67 Å². The van der Waals surface area contributed by atoms with Crippen molar-refractivity contribution in [1.29, 1.82) is 0 Å². The first-order chi connectivity index (χ1) is 8.85. The zero-order chi connectivity index (χ0) is 13.5. The molecule has 1 heteroatoms. The van der Waals surface area contributed by atoms with Crippen LogP contribution in [-0.2, 0) is 0 Å². The van der Waals surface area contributed by atoms with Crippen LogP contribution in [0.2, 0.25) is 0 Å². The Bertz CT molecular complexity index is 145. The molecule has 0 aromatic carbocycles. The van der Waals surface area contributed by atoms with Gasteiger partial charge in [0.2, 0.25) is 0 Å². The predicted molar refractivity (Wildman–Crippen MR) is 80.8 cm³/mol. The first-order valence-electron chi connectivity index (χ1n) is 8.41. The van der Waals surface area contributed by atoms with Gasteiger partial charge in [0, 0.05) is 0 Å². The molecule has 0 aliphatic rings. The minimum absolute atomic E-state index is 0.124. The Labute approximate surface area is 115 Å². The van der Waals surface area contributed by atoms with Crippen molar-refractivity contribution in [2.45, 2.75) is 97.3 Å². The van der Waals surface area contributed by atoms with Crippen LogP contribution in [0.5, 0.6) is 0 Å². The maximum absolute atomic E-state index is 12.3. The number of halogens is 1. The van der Waals surface area contributed by atoms with E-state index >= 15 is 0 Å². The number of rotatable bonds is 14. The van der Waals surface area contributed by atoms with Gasteiger partial charge in [-0.25, -0.2) is 0 Å². The maximum Gasteiger partial charge on any atom is 0.0894 e. The lowest BCUT2D eigenvalue weighted by molar-refractivity contribution is 0.348. The second-order valence-corrected chi connectivity index (χ2v) is 5.75. The average Bonchev–Trinajstić information content (AvgIpc) is 2.39. The average molecular weight is 258 g/mol. The lowest BCUT2D eigenvalue weighted by Crippen LogP contribution is -2.02. The van der Waals surface area contributed by atoms with Crippen molar-refractivity contribution in [3.63, 3.8) is 0 Å². The normalized spacial score (nSPS) is 12.8. The third kappa shape index (κ3) is 12.4. The summed E-state index contributed by atoms with van der Waals surface area (Å²) < 4.78 is 12.3. The highest BCUT2D eigenvalue weighted by Crippen LogP contribution is 2.23. The molecule has 0 rings (SSSR count). The molecule has 0 amide bonds. The van der Waals surface area contributed by atoms with Gasteiger partial charge in [-0.1, -0.05) is 84.5 Å². The number of hydrogen-bond acceptors (Lipinski definition) is 0. The number of unbranched alkanes of at least 4 members (excludes halogenated alkanes) is 7. The molecule has 0 heterocycles. The monoisotopic (exact) mass is 258 g/mol. The van der Waals surface area contributed by atoms with Crippen LogP contribution in [0.1, 0.15) is 97.3 Å². The summed E-state index contributed by atoms with van der Waals surface area (Å²) >= 11 is 0.